The van der Waals surface area contributed by atoms with Crippen molar-refractivity contribution in [2.24, 2.45) is 5.10 Å². The first-order chi connectivity index (χ1) is 21.1. The van der Waals surface area contributed by atoms with E-state index in [1.165, 1.54) is 41.3 Å². The van der Waals surface area contributed by atoms with Gasteiger partial charge in [-0.2, -0.15) is 18.3 Å². The number of amides is 3. The fourth-order valence-corrected chi connectivity index (χ4v) is 5.06. The lowest BCUT2D eigenvalue weighted by molar-refractivity contribution is -0.137. The summed E-state index contributed by atoms with van der Waals surface area (Å²) in [5, 5.41) is 8.20. The number of anilines is 1. The van der Waals surface area contributed by atoms with Crippen molar-refractivity contribution in [2.75, 3.05) is 51.3 Å². The van der Waals surface area contributed by atoms with Gasteiger partial charge in [-0.25, -0.2) is 18.6 Å². The summed E-state index contributed by atoms with van der Waals surface area (Å²) in [5.74, 6) is -1.57. The minimum absolute atomic E-state index is 0.116. The van der Waals surface area contributed by atoms with E-state index < -0.39 is 47.9 Å². The van der Waals surface area contributed by atoms with Crippen LogP contribution in [0.3, 0.4) is 0 Å². The van der Waals surface area contributed by atoms with Gasteiger partial charge in [0.25, 0.3) is 5.91 Å². The number of hydrogen-bond donors (Lipinski definition) is 1. The number of urea groups is 1. The highest BCUT2D eigenvalue weighted by molar-refractivity contribution is 6.03. The second-order valence-corrected chi connectivity index (χ2v) is 10.4. The second-order valence-electron chi connectivity index (χ2n) is 10.4. The topological polar surface area (TPSA) is 77.5 Å². The number of halogens is 5. The van der Waals surface area contributed by atoms with Crippen LogP contribution in [0.15, 0.2) is 77.9 Å². The Labute approximate surface area is 250 Å². The normalized spacial score (nSPS) is 17.3. The van der Waals surface area contributed by atoms with E-state index >= 15 is 0 Å². The van der Waals surface area contributed by atoms with Crippen LogP contribution in [-0.4, -0.2) is 78.4 Å². The molecular formula is C31H30F5N5O3. The number of hydrogen-bond acceptors (Lipinski definition) is 5. The third kappa shape index (κ3) is 7.58. The summed E-state index contributed by atoms with van der Waals surface area (Å²) >= 11 is 0. The van der Waals surface area contributed by atoms with Gasteiger partial charge >= 0.3 is 12.2 Å². The zero-order valence-corrected chi connectivity index (χ0v) is 23.6. The smallest absolute Gasteiger partial charge is 0.379 e. The summed E-state index contributed by atoms with van der Waals surface area (Å²) in [4.78, 5) is 30.5. The Morgan fingerprint density at radius 3 is 2.30 bits per heavy atom. The van der Waals surface area contributed by atoms with Gasteiger partial charge in [-0.3, -0.25) is 9.69 Å². The number of nitrogens with one attached hydrogen (secondary N) is 1. The highest BCUT2D eigenvalue weighted by atomic mass is 19.4. The predicted octanol–water partition coefficient (Wildman–Crippen LogP) is 5.53. The molecule has 3 aromatic rings. The number of ether oxygens (including phenoxy) is 1. The van der Waals surface area contributed by atoms with Crippen molar-refractivity contribution in [3.8, 4) is 0 Å². The van der Waals surface area contributed by atoms with Crippen LogP contribution in [0.2, 0.25) is 0 Å². The Bertz CT molecular complexity index is 1490. The summed E-state index contributed by atoms with van der Waals surface area (Å²) in [6.07, 6.45) is -4.37. The van der Waals surface area contributed by atoms with Gasteiger partial charge < -0.3 is 15.0 Å². The van der Waals surface area contributed by atoms with Crippen LogP contribution in [0.4, 0.5) is 32.4 Å². The molecule has 0 spiro atoms. The van der Waals surface area contributed by atoms with Crippen LogP contribution < -0.4 is 5.32 Å². The Hall–Kier alpha value is -4.36. The first-order valence-electron chi connectivity index (χ1n) is 14.0. The first kappa shape index (κ1) is 31.1. The summed E-state index contributed by atoms with van der Waals surface area (Å²) in [5.41, 5.74) is 0.496. The molecule has 13 heteroatoms. The van der Waals surface area contributed by atoms with E-state index in [9.17, 15) is 31.5 Å². The van der Waals surface area contributed by atoms with Gasteiger partial charge in [0.2, 0.25) is 0 Å². The Balaban J connectivity index is 1.38. The molecule has 0 saturated carbocycles. The Morgan fingerprint density at radius 2 is 1.64 bits per heavy atom. The van der Waals surface area contributed by atoms with Crippen molar-refractivity contribution >= 4 is 23.3 Å². The van der Waals surface area contributed by atoms with Crippen LogP contribution in [0.25, 0.3) is 0 Å². The third-order valence-corrected chi connectivity index (χ3v) is 7.47. The molecule has 3 aromatic carbocycles. The second kappa shape index (κ2) is 13.5. The van der Waals surface area contributed by atoms with Crippen molar-refractivity contribution in [1.29, 1.82) is 0 Å². The molecule has 2 heterocycles. The Kier molecular flexibility index (Phi) is 9.55. The first-order valence-corrected chi connectivity index (χ1v) is 14.0. The fraction of sp³-hybridized carbons (Fsp3) is 0.323. The maximum atomic E-state index is 14.9. The zero-order valence-electron chi connectivity index (χ0n) is 23.6. The summed E-state index contributed by atoms with van der Waals surface area (Å²) in [6.45, 7) is 2.40. The largest absolute Gasteiger partial charge is 0.416 e. The molecule has 1 unspecified atom stereocenters. The maximum absolute atomic E-state index is 14.9. The molecular weight excluding hydrogens is 585 g/mol. The average molecular weight is 616 g/mol. The van der Waals surface area contributed by atoms with Crippen molar-refractivity contribution in [3.63, 3.8) is 0 Å². The molecule has 1 atom stereocenters. The van der Waals surface area contributed by atoms with Gasteiger partial charge in [0, 0.05) is 43.9 Å². The minimum Gasteiger partial charge on any atom is -0.379 e. The van der Waals surface area contributed by atoms with Crippen LogP contribution in [0, 0.1) is 11.6 Å². The van der Waals surface area contributed by atoms with Gasteiger partial charge in [0.1, 0.15) is 18.2 Å². The zero-order chi connectivity index (χ0) is 31.3. The average Bonchev–Trinajstić information content (AvgIpc) is 3.45. The standard InChI is InChI=1S/C31H30F5N5O3/c32-23-9-5-21(6-10-23)27-19-28(25-3-1-2-4-26(25)33)41(38-27)29(42)20-40(14-13-39-15-17-44-18-16-39)30(43)37-24-11-7-22(8-12-24)31(34,35)36/h1-12,28H,13-20H2,(H,37,43). The number of rotatable bonds is 8. The lowest BCUT2D eigenvalue weighted by Crippen LogP contribution is -2.47. The summed E-state index contributed by atoms with van der Waals surface area (Å²) in [6, 6.07) is 14.0. The molecule has 0 bridgehead atoms. The van der Waals surface area contributed by atoms with E-state index in [1.807, 2.05) is 0 Å². The van der Waals surface area contributed by atoms with E-state index in [1.54, 1.807) is 12.1 Å². The van der Waals surface area contributed by atoms with E-state index in [0.29, 0.717) is 44.1 Å². The minimum atomic E-state index is -4.53. The molecule has 0 aromatic heterocycles. The highest BCUT2D eigenvalue weighted by Crippen LogP contribution is 2.34. The van der Waals surface area contributed by atoms with Crippen LogP contribution in [0.1, 0.15) is 29.2 Å². The van der Waals surface area contributed by atoms with Gasteiger partial charge in [0.05, 0.1) is 30.5 Å². The molecule has 1 N–H and O–H groups in total. The molecule has 0 aliphatic carbocycles. The van der Waals surface area contributed by atoms with Gasteiger partial charge in [-0.1, -0.05) is 30.3 Å². The maximum Gasteiger partial charge on any atom is 0.416 e. The van der Waals surface area contributed by atoms with Gasteiger partial charge in [-0.15, -0.1) is 0 Å². The van der Waals surface area contributed by atoms with E-state index in [-0.39, 0.29) is 24.2 Å². The Morgan fingerprint density at radius 1 is 0.955 bits per heavy atom. The predicted molar refractivity (Wildman–Crippen MR) is 153 cm³/mol. The van der Waals surface area contributed by atoms with E-state index in [2.05, 4.69) is 15.3 Å². The lowest BCUT2D eigenvalue weighted by atomic mass is 9.98. The van der Waals surface area contributed by atoms with Crippen LogP contribution in [0.5, 0.6) is 0 Å². The number of benzene rings is 3. The number of morpholine rings is 1. The third-order valence-electron chi connectivity index (χ3n) is 7.47. The van der Waals surface area contributed by atoms with E-state index in [4.69, 9.17) is 4.74 Å². The molecule has 8 nitrogen and oxygen atoms in total. The number of nitrogens with zero attached hydrogens (tertiary/aromatic N) is 4. The molecule has 3 amide bonds. The number of alkyl halides is 3. The molecule has 44 heavy (non-hydrogen) atoms. The highest BCUT2D eigenvalue weighted by Gasteiger charge is 2.36. The SMILES string of the molecule is O=C(Nc1ccc(C(F)(F)F)cc1)N(CCN1CCOCC1)CC(=O)N1N=C(c2ccc(F)cc2)CC1c1ccccc1F. The van der Waals surface area contributed by atoms with Crippen molar-refractivity contribution in [3.05, 3.63) is 101 Å². The summed E-state index contributed by atoms with van der Waals surface area (Å²) in [7, 11) is 0. The van der Waals surface area contributed by atoms with Crippen molar-refractivity contribution < 1.29 is 36.3 Å². The molecule has 2 aliphatic rings. The van der Waals surface area contributed by atoms with Gasteiger partial charge in [0.15, 0.2) is 0 Å². The van der Waals surface area contributed by atoms with Crippen molar-refractivity contribution in [2.45, 2.75) is 18.6 Å². The number of hydrazone groups is 1. The van der Waals surface area contributed by atoms with Crippen LogP contribution >= 0.6 is 0 Å². The molecule has 5 rings (SSSR count). The fourth-order valence-electron chi connectivity index (χ4n) is 5.06. The molecule has 232 valence electrons. The van der Waals surface area contributed by atoms with E-state index in [0.717, 1.165) is 29.3 Å². The summed E-state index contributed by atoms with van der Waals surface area (Å²) < 4.78 is 72.9. The quantitative estimate of drug-likeness (QED) is 0.339. The molecule has 2 aliphatic heterocycles. The monoisotopic (exact) mass is 615 g/mol. The number of carbonyl (C=O) groups is 2. The van der Waals surface area contributed by atoms with Crippen molar-refractivity contribution in [1.82, 2.24) is 14.8 Å². The lowest BCUT2D eigenvalue weighted by Gasteiger charge is -2.31. The van der Waals surface area contributed by atoms with Crippen LogP contribution in [-0.2, 0) is 15.7 Å². The molecule has 1 fully saturated rings. The number of carbonyl (C=O) groups excluding carboxylic acids is 2. The molecule has 0 radical (unpaired) electrons. The van der Waals surface area contributed by atoms with Gasteiger partial charge in [-0.05, 0) is 48.0 Å². The molecule has 1 saturated heterocycles.